The van der Waals surface area contributed by atoms with Gasteiger partial charge in [-0.3, -0.25) is 9.79 Å². The van der Waals surface area contributed by atoms with E-state index in [0.29, 0.717) is 22.7 Å². The summed E-state index contributed by atoms with van der Waals surface area (Å²) < 4.78 is 21.4. The lowest BCUT2D eigenvalue weighted by atomic mass is 10.3. The van der Waals surface area contributed by atoms with Crippen molar-refractivity contribution in [1.82, 2.24) is 20.1 Å². The van der Waals surface area contributed by atoms with Gasteiger partial charge in [0, 0.05) is 12.3 Å². The second-order valence-corrected chi connectivity index (χ2v) is 7.67. The number of aliphatic imine (C=N–C) groups is 1. The number of carbonyl (C=O) groups is 1. The van der Waals surface area contributed by atoms with Crippen molar-refractivity contribution in [3.63, 3.8) is 0 Å². The first-order valence-electron chi connectivity index (χ1n) is 8.52. The zero-order valence-corrected chi connectivity index (χ0v) is 16.6. The lowest BCUT2D eigenvalue weighted by molar-refractivity contribution is -0.117. The van der Waals surface area contributed by atoms with E-state index < -0.39 is 11.9 Å². The van der Waals surface area contributed by atoms with Crippen molar-refractivity contribution in [2.24, 2.45) is 4.99 Å². The number of hydrogen-bond donors (Lipinski definition) is 1. The topological polar surface area (TPSA) is 81.4 Å². The van der Waals surface area contributed by atoms with Crippen LogP contribution in [0.15, 0.2) is 34.4 Å². The van der Waals surface area contributed by atoms with Crippen molar-refractivity contribution >= 4 is 34.6 Å². The Balaban J connectivity index is 1.63. The van der Waals surface area contributed by atoms with Crippen LogP contribution in [-0.4, -0.2) is 43.9 Å². The molecular weight excluding hydrogens is 389 g/mol. The van der Waals surface area contributed by atoms with E-state index in [2.05, 4.69) is 20.5 Å². The Hall–Kier alpha value is -2.07. The van der Waals surface area contributed by atoms with Gasteiger partial charge in [-0.25, -0.2) is 4.39 Å². The maximum absolute atomic E-state index is 13.8. The van der Waals surface area contributed by atoms with E-state index in [4.69, 9.17) is 4.74 Å². The van der Waals surface area contributed by atoms with Crippen LogP contribution in [0.25, 0.3) is 0 Å². The summed E-state index contributed by atoms with van der Waals surface area (Å²) in [6, 6.07) is 6.24. The number of rotatable bonds is 7. The summed E-state index contributed by atoms with van der Waals surface area (Å²) in [7, 11) is 0. The van der Waals surface area contributed by atoms with Crippen LogP contribution in [0.4, 0.5) is 4.39 Å². The van der Waals surface area contributed by atoms with Crippen molar-refractivity contribution in [3.8, 4) is 5.75 Å². The smallest absolute Gasteiger partial charge is 0.236 e. The first kappa shape index (κ1) is 19.7. The minimum atomic E-state index is -0.484. The van der Waals surface area contributed by atoms with Gasteiger partial charge in [-0.1, -0.05) is 35.7 Å². The van der Waals surface area contributed by atoms with Gasteiger partial charge in [0.2, 0.25) is 5.91 Å². The third-order valence-corrected chi connectivity index (χ3v) is 5.59. The van der Waals surface area contributed by atoms with Crippen molar-refractivity contribution in [2.75, 3.05) is 18.1 Å². The first-order valence-corrected chi connectivity index (χ1v) is 10.5. The molecule has 1 N–H and O–H groups in total. The molecule has 1 aliphatic rings. The Bertz CT molecular complexity index is 842. The third-order valence-electron chi connectivity index (χ3n) is 3.73. The third kappa shape index (κ3) is 5.01. The average Bonchev–Trinajstić information content (AvgIpc) is 3.31. The van der Waals surface area contributed by atoms with Crippen molar-refractivity contribution in [1.29, 1.82) is 0 Å². The minimum absolute atomic E-state index is 0.129. The Morgan fingerprint density at radius 2 is 2.26 bits per heavy atom. The Morgan fingerprint density at radius 1 is 1.44 bits per heavy atom. The molecule has 3 rings (SSSR count). The highest BCUT2D eigenvalue weighted by molar-refractivity contribution is 8.14. The molecule has 0 fully saturated rings. The number of hydrogen-bond acceptors (Lipinski definition) is 7. The molecule has 1 unspecified atom stereocenters. The number of nitrogens with one attached hydrogen (secondary N) is 1. The first-order chi connectivity index (χ1) is 13.1. The fourth-order valence-corrected chi connectivity index (χ4v) is 4.04. The van der Waals surface area contributed by atoms with Crippen LogP contribution in [0.3, 0.4) is 0 Å². The lowest BCUT2D eigenvalue weighted by Gasteiger charge is -2.16. The van der Waals surface area contributed by atoms with E-state index in [1.54, 1.807) is 25.1 Å². The molecule has 144 valence electrons. The van der Waals surface area contributed by atoms with E-state index in [9.17, 15) is 9.18 Å². The highest BCUT2D eigenvalue weighted by atomic mass is 32.2. The average molecular weight is 410 g/mol. The maximum atomic E-state index is 13.8. The van der Waals surface area contributed by atoms with Crippen LogP contribution in [0.1, 0.15) is 25.8 Å². The second-order valence-electron chi connectivity index (χ2n) is 5.65. The SMILES string of the molecule is CCn1c(SCC(=O)NC2=NCCS2)nnc1C(C)Oc1ccccc1F. The van der Waals surface area contributed by atoms with Gasteiger partial charge >= 0.3 is 0 Å². The molecule has 27 heavy (non-hydrogen) atoms. The number of halogens is 1. The van der Waals surface area contributed by atoms with E-state index in [0.717, 1.165) is 12.3 Å². The number of thioether (sulfide) groups is 2. The molecule has 1 aromatic heterocycles. The molecule has 1 atom stereocenters. The Kier molecular flexibility index (Phi) is 6.73. The van der Waals surface area contributed by atoms with Gasteiger partial charge in [-0.05, 0) is 26.0 Å². The fourth-order valence-electron chi connectivity index (χ4n) is 2.48. The van der Waals surface area contributed by atoms with Gasteiger partial charge in [0.1, 0.15) is 0 Å². The van der Waals surface area contributed by atoms with Crippen LogP contribution in [0.5, 0.6) is 5.75 Å². The number of para-hydroxylation sites is 1. The van der Waals surface area contributed by atoms with Gasteiger partial charge in [-0.2, -0.15) is 0 Å². The maximum Gasteiger partial charge on any atom is 0.236 e. The van der Waals surface area contributed by atoms with Crippen LogP contribution in [-0.2, 0) is 11.3 Å². The molecule has 7 nitrogen and oxygen atoms in total. The van der Waals surface area contributed by atoms with Crippen molar-refractivity contribution < 1.29 is 13.9 Å². The molecule has 1 aromatic carbocycles. The van der Waals surface area contributed by atoms with Crippen molar-refractivity contribution in [2.45, 2.75) is 31.7 Å². The quantitative estimate of drug-likeness (QED) is 0.708. The second kappa shape index (κ2) is 9.23. The Morgan fingerprint density at radius 3 is 2.96 bits per heavy atom. The number of carbonyl (C=O) groups excluding carboxylic acids is 1. The molecule has 1 amide bonds. The number of benzene rings is 1. The Labute approximate surface area is 165 Å². The van der Waals surface area contributed by atoms with Crippen LogP contribution in [0, 0.1) is 5.82 Å². The fraction of sp³-hybridized carbons (Fsp3) is 0.412. The molecule has 0 radical (unpaired) electrons. The lowest BCUT2D eigenvalue weighted by Crippen LogP contribution is -2.29. The van der Waals surface area contributed by atoms with E-state index in [-0.39, 0.29) is 17.4 Å². The number of nitrogens with zero attached hydrogens (tertiary/aromatic N) is 4. The molecule has 0 aliphatic carbocycles. The highest BCUT2D eigenvalue weighted by Crippen LogP contribution is 2.26. The van der Waals surface area contributed by atoms with Crippen LogP contribution >= 0.6 is 23.5 Å². The highest BCUT2D eigenvalue weighted by Gasteiger charge is 2.20. The number of amides is 1. The largest absolute Gasteiger partial charge is 0.480 e. The van der Waals surface area contributed by atoms with Crippen LogP contribution in [0.2, 0.25) is 0 Å². The standard InChI is InChI=1S/C17H20FN5O2S2/c1-3-23-15(11(2)25-13-7-5-4-6-12(13)18)21-22-17(23)27-10-14(24)20-16-19-8-9-26-16/h4-7,11H,3,8-10H2,1-2H3,(H,19,20,24). The molecule has 1 aliphatic heterocycles. The molecular formula is C17H20FN5O2S2. The number of ether oxygens (including phenoxy) is 1. The molecule has 2 aromatic rings. The van der Waals surface area contributed by atoms with Gasteiger partial charge < -0.3 is 14.6 Å². The van der Waals surface area contributed by atoms with Gasteiger partial charge in [0.15, 0.2) is 33.8 Å². The predicted octanol–water partition coefficient (Wildman–Crippen LogP) is 2.89. The molecule has 0 bridgehead atoms. The number of amidine groups is 1. The van der Waals surface area contributed by atoms with Crippen LogP contribution < -0.4 is 10.1 Å². The number of aromatic nitrogens is 3. The zero-order chi connectivity index (χ0) is 19.2. The van der Waals surface area contributed by atoms with E-state index >= 15 is 0 Å². The minimum Gasteiger partial charge on any atom is -0.480 e. The summed E-state index contributed by atoms with van der Waals surface area (Å²) in [6.45, 7) is 5.09. The summed E-state index contributed by atoms with van der Waals surface area (Å²) in [5, 5.41) is 12.4. The molecule has 2 heterocycles. The summed E-state index contributed by atoms with van der Waals surface area (Å²) in [5.41, 5.74) is 0. The summed E-state index contributed by atoms with van der Waals surface area (Å²) in [6.07, 6.45) is -0.484. The molecule has 0 saturated heterocycles. The zero-order valence-electron chi connectivity index (χ0n) is 15.0. The summed E-state index contributed by atoms with van der Waals surface area (Å²) in [4.78, 5) is 16.2. The molecule has 0 saturated carbocycles. The van der Waals surface area contributed by atoms with E-state index in [1.807, 2.05) is 11.5 Å². The molecule has 10 heteroatoms. The van der Waals surface area contributed by atoms with Crippen molar-refractivity contribution in [3.05, 3.63) is 35.9 Å². The van der Waals surface area contributed by atoms with Gasteiger partial charge in [0.05, 0.1) is 12.3 Å². The summed E-state index contributed by atoms with van der Waals surface area (Å²) in [5.74, 6) is 1.30. The summed E-state index contributed by atoms with van der Waals surface area (Å²) >= 11 is 2.83. The van der Waals surface area contributed by atoms with Gasteiger partial charge in [-0.15, -0.1) is 10.2 Å². The van der Waals surface area contributed by atoms with Gasteiger partial charge in [0.25, 0.3) is 0 Å². The monoisotopic (exact) mass is 409 g/mol. The normalized spacial score (nSPS) is 14.7. The van der Waals surface area contributed by atoms with E-state index in [1.165, 1.54) is 29.6 Å². The molecule has 0 spiro atoms. The predicted molar refractivity (Wildman–Crippen MR) is 105 cm³/mol.